The molecule has 1 rings (SSSR count). The van der Waals surface area contributed by atoms with Gasteiger partial charge in [-0.1, -0.05) is 6.07 Å². The number of hydrogen-bond acceptors (Lipinski definition) is 4. The van der Waals surface area contributed by atoms with Crippen LogP contribution in [0, 0.1) is 18.3 Å². The van der Waals surface area contributed by atoms with E-state index in [-0.39, 0.29) is 12.0 Å². The first kappa shape index (κ1) is 13.2. The number of aliphatic hydroxyl groups is 2. The standard InChI is InChI=1S/C12H13NO4/c1-7-2-3-8(12(16)17)6-9(7)11(15)10(14)4-5-13/h2-3,6,10-11,14-15H,4H2,1H3,(H,16,17). The van der Waals surface area contributed by atoms with E-state index in [1.807, 2.05) is 0 Å². The number of carboxylic acids is 1. The molecule has 0 radical (unpaired) electrons. The summed E-state index contributed by atoms with van der Waals surface area (Å²) in [6.45, 7) is 1.70. The summed E-state index contributed by atoms with van der Waals surface area (Å²) in [6.07, 6.45) is -2.69. The van der Waals surface area contributed by atoms with E-state index in [0.29, 0.717) is 11.1 Å². The fourth-order valence-corrected chi connectivity index (χ4v) is 1.50. The van der Waals surface area contributed by atoms with Crippen LogP contribution < -0.4 is 0 Å². The van der Waals surface area contributed by atoms with Gasteiger partial charge in [0, 0.05) is 0 Å². The predicted molar refractivity (Wildman–Crippen MR) is 59.3 cm³/mol. The monoisotopic (exact) mass is 235 g/mol. The van der Waals surface area contributed by atoms with Crippen LogP contribution in [0.5, 0.6) is 0 Å². The molecule has 1 aromatic carbocycles. The molecule has 0 heterocycles. The number of nitriles is 1. The van der Waals surface area contributed by atoms with Gasteiger partial charge in [-0.3, -0.25) is 0 Å². The summed E-state index contributed by atoms with van der Waals surface area (Å²) < 4.78 is 0. The Bertz CT molecular complexity index is 464. The molecule has 0 aliphatic rings. The minimum Gasteiger partial charge on any atom is -0.478 e. The third-order valence-electron chi connectivity index (χ3n) is 2.51. The Labute approximate surface area is 98.6 Å². The highest BCUT2D eigenvalue weighted by molar-refractivity contribution is 5.87. The first-order chi connectivity index (χ1) is 7.97. The van der Waals surface area contributed by atoms with E-state index < -0.39 is 18.2 Å². The highest BCUT2D eigenvalue weighted by Gasteiger charge is 2.20. The largest absolute Gasteiger partial charge is 0.478 e. The van der Waals surface area contributed by atoms with Crippen molar-refractivity contribution in [2.24, 2.45) is 0 Å². The van der Waals surface area contributed by atoms with Crippen molar-refractivity contribution < 1.29 is 20.1 Å². The van der Waals surface area contributed by atoms with Gasteiger partial charge in [0.1, 0.15) is 6.10 Å². The van der Waals surface area contributed by atoms with Crippen LogP contribution in [0.1, 0.15) is 34.0 Å². The van der Waals surface area contributed by atoms with Crippen molar-refractivity contribution in [3.05, 3.63) is 34.9 Å². The quantitative estimate of drug-likeness (QED) is 0.722. The molecule has 0 saturated heterocycles. The maximum Gasteiger partial charge on any atom is 0.335 e. The molecule has 5 nitrogen and oxygen atoms in total. The lowest BCUT2D eigenvalue weighted by atomic mass is 9.96. The third-order valence-corrected chi connectivity index (χ3v) is 2.51. The lowest BCUT2D eigenvalue weighted by molar-refractivity contribution is 0.0211. The van der Waals surface area contributed by atoms with Crippen molar-refractivity contribution in [1.29, 1.82) is 5.26 Å². The van der Waals surface area contributed by atoms with E-state index in [0.717, 1.165) is 0 Å². The first-order valence-electron chi connectivity index (χ1n) is 5.04. The summed E-state index contributed by atoms with van der Waals surface area (Å²) in [5.74, 6) is -1.10. The molecule has 3 N–H and O–H groups in total. The molecule has 0 spiro atoms. The van der Waals surface area contributed by atoms with Gasteiger partial charge in [-0.2, -0.15) is 5.26 Å². The Morgan fingerprint density at radius 3 is 2.65 bits per heavy atom. The van der Waals surface area contributed by atoms with Gasteiger partial charge in [-0.05, 0) is 30.2 Å². The Hall–Kier alpha value is -1.90. The maximum absolute atomic E-state index is 10.8. The second kappa shape index (κ2) is 5.43. The van der Waals surface area contributed by atoms with E-state index in [1.165, 1.54) is 12.1 Å². The van der Waals surface area contributed by atoms with Crippen LogP contribution in [-0.2, 0) is 0 Å². The zero-order valence-corrected chi connectivity index (χ0v) is 9.29. The van der Waals surface area contributed by atoms with Crippen LogP contribution in [0.2, 0.25) is 0 Å². The van der Waals surface area contributed by atoms with E-state index in [9.17, 15) is 15.0 Å². The molecule has 17 heavy (non-hydrogen) atoms. The average molecular weight is 235 g/mol. The van der Waals surface area contributed by atoms with Gasteiger partial charge in [0.2, 0.25) is 0 Å². The molecule has 1 aromatic rings. The van der Waals surface area contributed by atoms with Crippen LogP contribution in [0.25, 0.3) is 0 Å². The zero-order chi connectivity index (χ0) is 13.0. The van der Waals surface area contributed by atoms with Crippen LogP contribution >= 0.6 is 0 Å². The molecule has 0 aromatic heterocycles. The lowest BCUT2D eigenvalue weighted by Gasteiger charge is -2.18. The Balaban J connectivity index is 3.08. The topological polar surface area (TPSA) is 102 Å². The molecule has 0 fully saturated rings. The Morgan fingerprint density at radius 1 is 1.47 bits per heavy atom. The first-order valence-corrected chi connectivity index (χ1v) is 5.04. The van der Waals surface area contributed by atoms with E-state index in [1.54, 1.807) is 19.1 Å². The van der Waals surface area contributed by atoms with Crippen LogP contribution in [0.15, 0.2) is 18.2 Å². The normalized spacial score (nSPS) is 13.8. The van der Waals surface area contributed by atoms with Gasteiger partial charge >= 0.3 is 5.97 Å². The van der Waals surface area contributed by atoms with E-state index in [4.69, 9.17) is 10.4 Å². The molecule has 2 unspecified atom stereocenters. The van der Waals surface area contributed by atoms with Gasteiger partial charge in [0.05, 0.1) is 24.2 Å². The minimum atomic E-state index is -1.26. The summed E-state index contributed by atoms with van der Waals surface area (Å²) in [6, 6.07) is 6.03. The van der Waals surface area contributed by atoms with Crippen molar-refractivity contribution in [3.63, 3.8) is 0 Å². The fraction of sp³-hybridized carbons (Fsp3) is 0.333. The van der Waals surface area contributed by atoms with Gasteiger partial charge in [-0.25, -0.2) is 4.79 Å². The number of aliphatic hydroxyl groups excluding tert-OH is 2. The number of nitrogens with zero attached hydrogens (tertiary/aromatic N) is 1. The second-order valence-corrected chi connectivity index (χ2v) is 3.75. The van der Waals surface area contributed by atoms with E-state index in [2.05, 4.69) is 0 Å². The van der Waals surface area contributed by atoms with Gasteiger partial charge < -0.3 is 15.3 Å². The molecule has 0 bridgehead atoms. The zero-order valence-electron chi connectivity index (χ0n) is 9.29. The number of carbonyl (C=O) groups is 1. The summed E-state index contributed by atoms with van der Waals surface area (Å²) in [5, 5.41) is 36.6. The van der Waals surface area contributed by atoms with Crippen molar-refractivity contribution in [3.8, 4) is 6.07 Å². The number of aryl methyl sites for hydroxylation is 1. The lowest BCUT2D eigenvalue weighted by Crippen LogP contribution is -2.19. The molecule has 2 atom stereocenters. The average Bonchev–Trinajstić information content (AvgIpc) is 2.28. The molecule has 0 aliphatic carbocycles. The fourth-order valence-electron chi connectivity index (χ4n) is 1.50. The van der Waals surface area contributed by atoms with Crippen LogP contribution in [0.4, 0.5) is 0 Å². The number of hydrogen-bond donors (Lipinski definition) is 3. The summed E-state index contributed by atoms with van der Waals surface area (Å²) in [5.41, 5.74) is 1.03. The molecule has 0 saturated carbocycles. The number of benzene rings is 1. The Morgan fingerprint density at radius 2 is 2.12 bits per heavy atom. The van der Waals surface area contributed by atoms with Crippen LogP contribution in [-0.4, -0.2) is 27.4 Å². The summed E-state index contributed by atoms with van der Waals surface area (Å²) in [4.78, 5) is 10.8. The van der Waals surface area contributed by atoms with Gasteiger partial charge in [0.15, 0.2) is 0 Å². The Kier molecular flexibility index (Phi) is 4.21. The molecule has 0 aliphatic heterocycles. The highest BCUT2D eigenvalue weighted by atomic mass is 16.4. The third kappa shape index (κ3) is 3.03. The summed E-state index contributed by atoms with van der Waals surface area (Å²) >= 11 is 0. The second-order valence-electron chi connectivity index (χ2n) is 3.75. The molecule has 0 amide bonds. The van der Waals surface area contributed by atoms with Crippen molar-refractivity contribution in [2.75, 3.05) is 0 Å². The molecular weight excluding hydrogens is 222 g/mol. The predicted octanol–water partition coefficient (Wildman–Crippen LogP) is 1.00. The minimum absolute atomic E-state index is 0.0359. The van der Waals surface area contributed by atoms with E-state index >= 15 is 0 Å². The van der Waals surface area contributed by atoms with Gasteiger partial charge in [-0.15, -0.1) is 0 Å². The number of aromatic carboxylic acids is 1. The van der Waals surface area contributed by atoms with Crippen molar-refractivity contribution in [2.45, 2.75) is 25.6 Å². The number of rotatable bonds is 4. The van der Waals surface area contributed by atoms with Crippen molar-refractivity contribution in [1.82, 2.24) is 0 Å². The highest BCUT2D eigenvalue weighted by Crippen LogP contribution is 2.23. The van der Waals surface area contributed by atoms with Crippen LogP contribution in [0.3, 0.4) is 0 Å². The maximum atomic E-state index is 10.8. The van der Waals surface area contributed by atoms with Gasteiger partial charge in [0.25, 0.3) is 0 Å². The molecule has 5 heteroatoms. The van der Waals surface area contributed by atoms with Crippen molar-refractivity contribution >= 4 is 5.97 Å². The number of carboxylic acid groups (broad SMARTS) is 1. The SMILES string of the molecule is Cc1ccc(C(=O)O)cc1C(O)C(O)CC#N. The summed E-state index contributed by atoms with van der Waals surface area (Å²) in [7, 11) is 0. The molecule has 90 valence electrons. The smallest absolute Gasteiger partial charge is 0.335 e. The molecular formula is C12H13NO4.